The van der Waals surface area contributed by atoms with Crippen LogP contribution in [0.3, 0.4) is 0 Å². The van der Waals surface area contributed by atoms with Gasteiger partial charge in [-0.25, -0.2) is 4.79 Å². The Morgan fingerprint density at radius 1 is 1.28 bits per heavy atom. The van der Waals surface area contributed by atoms with Crippen LogP contribution in [0.4, 0.5) is 4.79 Å². The van der Waals surface area contributed by atoms with Gasteiger partial charge in [0.15, 0.2) is 0 Å². The highest BCUT2D eigenvalue weighted by atomic mass is 16.6. The van der Waals surface area contributed by atoms with Crippen molar-refractivity contribution in [3.8, 4) is 0 Å². The Morgan fingerprint density at radius 3 is 2.39 bits per heavy atom. The number of aliphatic carboxylic acids is 1. The Bertz CT molecular complexity index is 321. The Hall–Kier alpha value is -1.26. The zero-order chi connectivity index (χ0) is 13.9. The number of carboxylic acid groups (broad SMARTS) is 1. The first-order valence-corrected chi connectivity index (χ1v) is 6.41. The molecule has 0 heterocycles. The highest BCUT2D eigenvalue weighted by Gasteiger charge is 2.35. The molecule has 3 atom stereocenters. The predicted octanol–water partition coefficient (Wildman–Crippen LogP) is 2.40. The maximum atomic E-state index is 11.7. The van der Waals surface area contributed by atoms with Crippen molar-refractivity contribution in [2.75, 3.05) is 0 Å². The van der Waals surface area contributed by atoms with E-state index < -0.39 is 23.6 Å². The number of carboxylic acids is 1. The van der Waals surface area contributed by atoms with Crippen LogP contribution in [0.2, 0.25) is 0 Å². The lowest BCUT2D eigenvalue weighted by atomic mass is 9.79. The Balaban J connectivity index is 2.59. The molecule has 1 rings (SSSR count). The molecule has 0 aliphatic heterocycles. The largest absolute Gasteiger partial charge is 0.481 e. The van der Waals surface area contributed by atoms with E-state index in [1.54, 1.807) is 20.8 Å². The van der Waals surface area contributed by atoms with E-state index >= 15 is 0 Å². The van der Waals surface area contributed by atoms with Gasteiger partial charge in [0.2, 0.25) is 0 Å². The van der Waals surface area contributed by atoms with Gasteiger partial charge in [-0.05, 0) is 46.0 Å². The monoisotopic (exact) mass is 257 g/mol. The Labute approximate surface area is 108 Å². The molecule has 0 aromatic carbocycles. The highest BCUT2D eigenvalue weighted by molar-refractivity contribution is 5.73. The second kappa shape index (κ2) is 5.59. The molecular formula is C13H23NO4. The van der Waals surface area contributed by atoms with E-state index in [4.69, 9.17) is 4.74 Å². The summed E-state index contributed by atoms with van der Waals surface area (Å²) in [6, 6.07) is -0.325. The molecule has 1 aliphatic carbocycles. The van der Waals surface area contributed by atoms with Crippen molar-refractivity contribution in [2.45, 2.75) is 58.6 Å². The number of amides is 1. The average Bonchev–Trinajstić information content (AvgIpc) is 2.17. The molecule has 0 spiro atoms. The van der Waals surface area contributed by atoms with Crippen LogP contribution in [0.25, 0.3) is 0 Å². The quantitative estimate of drug-likeness (QED) is 0.796. The van der Waals surface area contributed by atoms with Gasteiger partial charge in [-0.1, -0.05) is 6.92 Å². The molecule has 5 heteroatoms. The Morgan fingerprint density at radius 2 is 1.89 bits per heavy atom. The standard InChI is InChI=1S/C13H23NO4/c1-8-5-6-10(9(7-8)11(15)16)14-12(17)18-13(2,3)4/h8-10H,5-7H2,1-4H3,(H,14,17)(H,15,16)/t8?,9-,10+/m0/s1. The lowest BCUT2D eigenvalue weighted by Gasteiger charge is -2.33. The van der Waals surface area contributed by atoms with Gasteiger partial charge in [0.05, 0.1) is 5.92 Å². The maximum Gasteiger partial charge on any atom is 0.407 e. The van der Waals surface area contributed by atoms with Crippen LogP contribution in [0.5, 0.6) is 0 Å². The van der Waals surface area contributed by atoms with Gasteiger partial charge < -0.3 is 15.2 Å². The summed E-state index contributed by atoms with van der Waals surface area (Å²) in [5, 5.41) is 11.9. The van der Waals surface area contributed by atoms with Gasteiger partial charge in [0.25, 0.3) is 0 Å². The van der Waals surface area contributed by atoms with Gasteiger partial charge in [0, 0.05) is 6.04 Å². The maximum absolute atomic E-state index is 11.7. The van der Waals surface area contributed by atoms with Crippen LogP contribution in [-0.2, 0) is 9.53 Å². The number of ether oxygens (including phenoxy) is 1. The van der Waals surface area contributed by atoms with E-state index in [1.165, 1.54) is 0 Å². The molecule has 0 aromatic heterocycles. The SMILES string of the molecule is CC1CC[C@@H](NC(=O)OC(C)(C)C)[C@@H](C(=O)O)C1. The van der Waals surface area contributed by atoms with E-state index in [0.717, 1.165) is 6.42 Å². The number of alkyl carbamates (subject to hydrolysis) is 1. The summed E-state index contributed by atoms with van der Waals surface area (Å²) < 4.78 is 5.15. The van der Waals surface area contributed by atoms with E-state index in [9.17, 15) is 14.7 Å². The number of carbonyl (C=O) groups excluding carboxylic acids is 1. The first-order valence-electron chi connectivity index (χ1n) is 6.41. The second-order valence-corrected chi connectivity index (χ2v) is 6.12. The lowest BCUT2D eigenvalue weighted by molar-refractivity contribution is -0.144. The number of rotatable bonds is 2. The van der Waals surface area contributed by atoms with Crippen molar-refractivity contribution in [2.24, 2.45) is 11.8 Å². The van der Waals surface area contributed by atoms with Crippen LogP contribution >= 0.6 is 0 Å². The van der Waals surface area contributed by atoms with Crippen molar-refractivity contribution in [1.29, 1.82) is 0 Å². The normalized spacial score (nSPS) is 28.6. The molecule has 1 fully saturated rings. The van der Waals surface area contributed by atoms with Crippen LogP contribution in [-0.4, -0.2) is 28.8 Å². The van der Waals surface area contributed by atoms with Crippen molar-refractivity contribution in [3.63, 3.8) is 0 Å². The molecular weight excluding hydrogens is 234 g/mol. The zero-order valence-electron chi connectivity index (χ0n) is 11.5. The molecule has 1 aliphatic rings. The van der Waals surface area contributed by atoms with E-state index in [1.807, 2.05) is 6.92 Å². The fourth-order valence-electron chi connectivity index (χ4n) is 2.29. The van der Waals surface area contributed by atoms with Gasteiger partial charge in [-0.15, -0.1) is 0 Å². The lowest BCUT2D eigenvalue weighted by Crippen LogP contribution is -2.47. The first-order chi connectivity index (χ1) is 8.19. The molecule has 0 aromatic rings. The number of hydrogen-bond acceptors (Lipinski definition) is 3. The second-order valence-electron chi connectivity index (χ2n) is 6.12. The van der Waals surface area contributed by atoms with E-state index in [2.05, 4.69) is 5.32 Å². The first kappa shape index (κ1) is 14.8. The number of carbonyl (C=O) groups is 2. The van der Waals surface area contributed by atoms with Gasteiger partial charge in [0.1, 0.15) is 5.60 Å². The van der Waals surface area contributed by atoms with Crippen molar-refractivity contribution in [1.82, 2.24) is 5.32 Å². The summed E-state index contributed by atoms with van der Waals surface area (Å²) in [4.78, 5) is 22.8. The van der Waals surface area contributed by atoms with Crippen LogP contribution in [0, 0.1) is 11.8 Å². The van der Waals surface area contributed by atoms with Crippen LogP contribution in [0.15, 0.2) is 0 Å². The summed E-state index contributed by atoms with van der Waals surface area (Å²) in [6.07, 6.45) is 1.70. The minimum absolute atomic E-state index is 0.325. The Kier molecular flexibility index (Phi) is 4.59. The molecule has 5 nitrogen and oxygen atoms in total. The number of hydrogen-bond donors (Lipinski definition) is 2. The smallest absolute Gasteiger partial charge is 0.407 e. The summed E-state index contributed by atoms with van der Waals surface area (Å²) in [5.41, 5.74) is -0.565. The van der Waals surface area contributed by atoms with Crippen molar-refractivity contribution >= 4 is 12.1 Å². The fourth-order valence-corrected chi connectivity index (χ4v) is 2.29. The third-order valence-corrected chi connectivity index (χ3v) is 3.13. The fraction of sp³-hybridized carbons (Fsp3) is 0.846. The van der Waals surface area contributed by atoms with Crippen LogP contribution in [0.1, 0.15) is 47.0 Å². The molecule has 0 bridgehead atoms. The minimum atomic E-state index is -0.845. The van der Waals surface area contributed by atoms with Crippen molar-refractivity contribution < 1.29 is 19.4 Å². The number of nitrogens with one attached hydrogen (secondary N) is 1. The van der Waals surface area contributed by atoms with Gasteiger partial charge in [-0.2, -0.15) is 0 Å². The zero-order valence-corrected chi connectivity index (χ0v) is 11.5. The summed E-state index contributed by atoms with van der Waals surface area (Å²) in [7, 11) is 0. The molecule has 18 heavy (non-hydrogen) atoms. The van der Waals surface area contributed by atoms with Crippen molar-refractivity contribution in [3.05, 3.63) is 0 Å². The summed E-state index contributed by atoms with van der Waals surface area (Å²) in [6.45, 7) is 7.39. The van der Waals surface area contributed by atoms with E-state index in [-0.39, 0.29) is 6.04 Å². The molecule has 1 saturated carbocycles. The van der Waals surface area contributed by atoms with Gasteiger partial charge in [-0.3, -0.25) is 4.79 Å². The topological polar surface area (TPSA) is 75.6 Å². The van der Waals surface area contributed by atoms with Gasteiger partial charge >= 0.3 is 12.1 Å². The average molecular weight is 257 g/mol. The molecule has 104 valence electrons. The molecule has 1 amide bonds. The molecule has 1 unspecified atom stereocenters. The third-order valence-electron chi connectivity index (χ3n) is 3.13. The highest BCUT2D eigenvalue weighted by Crippen LogP contribution is 2.29. The summed E-state index contributed by atoms with van der Waals surface area (Å²) >= 11 is 0. The molecule has 0 saturated heterocycles. The van der Waals surface area contributed by atoms with E-state index in [0.29, 0.717) is 18.8 Å². The molecule has 2 N–H and O–H groups in total. The third kappa shape index (κ3) is 4.55. The predicted molar refractivity (Wildman–Crippen MR) is 67.3 cm³/mol. The van der Waals surface area contributed by atoms with Crippen LogP contribution < -0.4 is 5.32 Å². The summed E-state index contributed by atoms with van der Waals surface area (Å²) in [5.74, 6) is -0.966. The minimum Gasteiger partial charge on any atom is -0.481 e. The molecule has 0 radical (unpaired) electrons.